The van der Waals surface area contributed by atoms with Crippen LogP contribution in [0.1, 0.15) is 5.56 Å². The zero-order valence-electron chi connectivity index (χ0n) is 10.1. The topological polar surface area (TPSA) is 125 Å². The van der Waals surface area contributed by atoms with E-state index in [2.05, 4.69) is 9.46 Å². The minimum Gasteiger partial charge on any atom is -0.448 e. The van der Waals surface area contributed by atoms with Gasteiger partial charge in [-0.1, -0.05) is 11.6 Å². The minimum absolute atomic E-state index is 0.0171. The number of hydrogen-bond donors (Lipinski definition) is 3. The van der Waals surface area contributed by atoms with Crippen molar-refractivity contribution in [1.29, 1.82) is 0 Å². The van der Waals surface area contributed by atoms with Gasteiger partial charge in [-0.05, 0) is 24.6 Å². The molecule has 0 radical (unpaired) electrons. The molecule has 19 heavy (non-hydrogen) atoms. The van der Waals surface area contributed by atoms with E-state index in [0.29, 0.717) is 5.56 Å². The van der Waals surface area contributed by atoms with Gasteiger partial charge in [0, 0.05) is 17.3 Å². The SMILES string of the molecule is Cc1c(N)cc(Cl)cc1S(=O)(=O)NCCOC(N)=O. The normalized spacial score (nSPS) is 11.3. The van der Waals surface area contributed by atoms with Crippen molar-refractivity contribution in [3.63, 3.8) is 0 Å². The molecular weight excluding hydrogens is 294 g/mol. The van der Waals surface area contributed by atoms with Crippen LogP contribution in [-0.2, 0) is 14.8 Å². The zero-order chi connectivity index (χ0) is 14.6. The molecule has 106 valence electrons. The molecule has 0 saturated heterocycles. The number of halogens is 1. The number of hydrogen-bond acceptors (Lipinski definition) is 5. The number of sulfonamides is 1. The summed E-state index contributed by atoms with van der Waals surface area (Å²) in [6.45, 7) is 1.31. The molecule has 0 aliphatic rings. The van der Waals surface area contributed by atoms with Crippen LogP contribution in [0.25, 0.3) is 0 Å². The molecule has 1 amide bonds. The van der Waals surface area contributed by atoms with Gasteiger partial charge in [0.25, 0.3) is 0 Å². The van der Waals surface area contributed by atoms with Crippen molar-refractivity contribution in [2.24, 2.45) is 5.73 Å². The average molecular weight is 308 g/mol. The van der Waals surface area contributed by atoms with Crippen LogP contribution in [0.5, 0.6) is 0 Å². The Kier molecular flexibility index (Phi) is 4.98. The second-order valence-electron chi connectivity index (χ2n) is 3.68. The molecule has 0 unspecified atom stereocenters. The van der Waals surface area contributed by atoms with E-state index >= 15 is 0 Å². The number of primary amides is 1. The fraction of sp³-hybridized carbons (Fsp3) is 0.300. The maximum atomic E-state index is 12.0. The molecule has 0 atom stereocenters. The molecule has 9 heteroatoms. The molecule has 1 aromatic carbocycles. The fourth-order valence-corrected chi connectivity index (χ4v) is 2.96. The van der Waals surface area contributed by atoms with E-state index in [1.54, 1.807) is 6.92 Å². The summed E-state index contributed by atoms with van der Waals surface area (Å²) in [5.41, 5.74) is 11.1. The van der Waals surface area contributed by atoms with E-state index in [1.807, 2.05) is 0 Å². The van der Waals surface area contributed by atoms with E-state index in [1.165, 1.54) is 12.1 Å². The molecule has 0 fully saturated rings. The van der Waals surface area contributed by atoms with Crippen molar-refractivity contribution in [3.8, 4) is 0 Å². The van der Waals surface area contributed by atoms with E-state index < -0.39 is 16.1 Å². The minimum atomic E-state index is -3.78. The summed E-state index contributed by atoms with van der Waals surface area (Å²) in [6.07, 6.45) is -0.970. The van der Waals surface area contributed by atoms with Crippen LogP contribution in [0.4, 0.5) is 10.5 Å². The first-order valence-electron chi connectivity index (χ1n) is 5.21. The Labute approximate surface area is 115 Å². The predicted molar refractivity (Wildman–Crippen MR) is 71.3 cm³/mol. The summed E-state index contributed by atoms with van der Waals surface area (Å²) in [5, 5.41) is 0.219. The number of anilines is 1. The maximum Gasteiger partial charge on any atom is 0.404 e. The van der Waals surface area contributed by atoms with Gasteiger partial charge in [-0.15, -0.1) is 0 Å². The quantitative estimate of drug-likeness (QED) is 0.543. The van der Waals surface area contributed by atoms with E-state index in [0.717, 1.165) is 0 Å². The van der Waals surface area contributed by atoms with Gasteiger partial charge < -0.3 is 16.2 Å². The van der Waals surface area contributed by atoms with Crippen LogP contribution < -0.4 is 16.2 Å². The number of nitrogens with one attached hydrogen (secondary N) is 1. The molecule has 7 nitrogen and oxygen atoms in total. The Morgan fingerprint density at radius 3 is 2.68 bits per heavy atom. The first-order chi connectivity index (χ1) is 8.74. The van der Waals surface area contributed by atoms with Crippen LogP contribution in [0.2, 0.25) is 5.02 Å². The maximum absolute atomic E-state index is 12.0. The molecule has 0 saturated carbocycles. The number of nitrogen functional groups attached to an aromatic ring is 1. The average Bonchev–Trinajstić information content (AvgIpc) is 2.29. The Morgan fingerprint density at radius 2 is 2.11 bits per heavy atom. The zero-order valence-corrected chi connectivity index (χ0v) is 11.7. The highest BCUT2D eigenvalue weighted by molar-refractivity contribution is 7.89. The van der Waals surface area contributed by atoms with Crippen LogP contribution in [0, 0.1) is 6.92 Å². The number of benzene rings is 1. The van der Waals surface area contributed by atoms with E-state index in [-0.39, 0.29) is 28.8 Å². The van der Waals surface area contributed by atoms with Crippen LogP contribution in [0.3, 0.4) is 0 Å². The third kappa shape index (κ3) is 4.27. The molecule has 0 aliphatic heterocycles. The molecule has 1 rings (SSSR count). The third-order valence-electron chi connectivity index (χ3n) is 2.29. The third-order valence-corrected chi connectivity index (χ3v) is 4.10. The van der Waals surface area contributed by atoms with Crippen molar-refractivity contribution in [2.45, 2.75) is 11.8 Å². The number of rotatable bonds is 5. The number of carbonyl (C=O) groups excluding carboxylic acids is 1. The molecule has 1 aromatic rings. The lowest BCUT2D eigenvalue weighted by atomic mass is 10.2. The molecular formula is C10H14ClN3O4S. The van der Waals surface area contributed by atoms with Gasteiger partial charge in [0.05, 0.1) is 4.90 Å². The summed E-state index contributed by atoms with van der Waals surface area (Å²) >= 11 is 5.77. The highest BCUT2D eigenvalue weighted by Gasteiger charge is 2.18. The summed E-state index contributed by atoms with van der Waals surface area (Å²) in [7, 11) is -3.78. The van der Waals surface area contributed by atoms with Crippen molar-refractivity contribution in [3.05, 3.63) is 22.7 Å². The van der Waals surface area contributed by atoms with E-state index in [9.17, 15) is 13.2 Å². The summed E-state index contributed by atoms with van der Waals surface area (Å²) in [4.78, 5) is 10.3. The molecule has 5 N–H and O–H groups in total. The van der Waals surface area contributed by atoms with Gasteiger partial charge in [-0.2, -0.15) is 0 Å². The predicted octanol–water partition coefficient (Wildman–Crippen LogP) is 0.604. The number of carbonyl (C=O) groups is 1. The van der Waals surface area contributed by atoms with Gasteiger partial charge >= 0.3 is 6.09 Å². The Bertz CT molecular complexity index is 589. The van der Waals surface area contributed by atoms with Gasteiger partial charge in [0.1, 0.15) is 6.61 Å². The van der Waals surface area contributed by atoms with Crippen molar-refractivity contribution >= 4 is 33.4 Å². The van der Waals surface area contributed by atoms with E-state index in [4.69, 9.17) is 23.1 Å². The van der Waals surface area contributed by atoms with Gasteiger partial charge in [0.2, 0.25) is 10.0 Å². The van der Waals surface area contributed by atoms with Crippen molar-refractivity contribution < 1.29 is 17.9 Å². The Balaban J connectivity index is 2.86. The lowest BCUT2D eigenvalue weighted by Gasteiger charge is -2.11. The highest BCUT2D eigenvalue weighted by atomic mass is 35.5. The van der Waals surface area contributed by atoms with Crippen LogP contribution >= 0.6 is 11.6 Å². The van der Waals surface area contributed by atoms with Crippen LogP contribution in [-0.4, -0.2) is 27.7 Å². The van der Waals surface area contributed by atoms with Crippen molar-refractivity contribution in [2.75, 3.05) is 18.9 Å². The Hall–Kier alpha value is -1.51. The first-order valence-corrected chi connectivity index (χ1v) is 7.07. The second kappa shape index (κ2) is 6.09. The van der Waals surface area contributed by atoms with Gasteiger partial charge in [-0.3, -0.25) is 0 Å². The molecule has 0 aromatic heterocycles. The molecule has 0 aliphatic carbocycles. The standard InChI is InChI=1S/C10H14ClN3O4S/c1-6-8(12)4-7(11)5-9(6)19(16,17)14-2-3-18-10(13)15/h4-5,14H,2-3,12H2,1H3,(H2,13,15). The monoisotopic (exact) mass is 307 g/mol. The largest absolute Gasteiger partial charge is 0.448 e. The molecule has 0 bridgehead atoms. The fourth-order valence-electron chi connectivity index (χ4n) is 1.36. The summed E-state index contributed by atoms with van der Waals surface area (Å²) in [6, 6.07) is 2.76. The lowest BCUT2D eigenvalue weighted by molar-refractivity contribution is 0.159. The summed E-state index contributed by atoms with van der Waals surface area (Å²) in [5.74, 6) is 0. The number of ether oxygens (including phenoxy) is 1. The number of amides is 1. The molecule has 0 spiro atoms. The van der Waals surface area contributed by atoms with Gasteiger partial charge in [-0.25, -0.2) is 17.9 Å². The number of nitrogens with two attached hydrogens (primary N) is 2. The molecule has 0 heterocycles. The highest BCUT2D eigenvalue weighted by Crippen LogP contribution is 2.25. The summed E-state index contributed by atoms with van der Waals surface area (Å²) < 4.78 is 30.7. The Morgan fingerprint density at radius 1 is 1.47 bits per heavy atom. The van der Waals surface area contributed by atoms with Gasteiger partial charge in [0.15, 0.2) is 0 Å². The van der Waals surface area contributed by atoms with Crippen molar-refractivity contribution in [1.82, 2.24) is 4.72 Å². The first kappa shape index (κ1) is 15.5. The second-order valence-corrected chi connectivity index (χ2v) is 5.86. The lowest BCUT2D eigenvalue weighted by Crippen LogP contribution is -2.29. The van der Waals surface area contributed by atoms with Crippen LogP contribution in [0.15, 0.2) is 17.0 Å². The smallest absolute Gasteiger partial charge is 0.404 e.